The second-order valence-corrected chi connectivity index (χ2v) is 6.76. The van der Waals surface area contributed by atoms with Crippen LogP contribution in [-0.4, -0.2) is 26.2 Å². The zero-order valence-electron chi connectivity index (χ0n) is 15.0. The van der Waals surface area contributed by atoms with Crippen molar-refractivity contribution in [3.8, 4) is 17.5 Å². The number of aromatic nitrogens is 3. The Morgan fingerprint density at radius 1 is 1.31 bits per heavy atom. The Labute approximate surface area is 152 Å². The van der Waals surface area contributed by atoms with Gasteiger partial charge in [0.15, 0.2) is 0 Å². The average molecular weight is 347 g/mol. The van der Waals surface area contributed by atoms with Crippen molar-refractivity contribution < 1.29 is 4.52 Å². The third-order valence-corrected chi connectivity index (χ3v) is 5.25. The first-order valence-corrected chi connectivity index (χ1v) is 8.85. The molecule has 132 valence electrons. The first-order valence-electron chi connectivity index (χ1n) is 8.85. The first-order chi connectivity index (χ1) is 12.7. The van der Waals surface area contributed by atoms with E-state index in [9.17, 15) is 5.26 Å². The van der Waals surface area contributed by atoms with Crippen LogP contribution in [0.1, 0.15) is 41.7 Å². The molecule has 0 spiro atoms. The predicted molar refractivity (Wildman–Crippen MR) is 97.0 cm³/mol. The van der Waals surface area contributed by atoms with Gasteiger partial charge in [-0.1, -0.05) is 35.5 Å². The minimum Gasteiger partial charge on any atom is -0.340 e. The molecule has 0 N–H and O–H groups in total. The lowest BCUT2D eigenvalue weighted by molar-refractivity contribution is 0.201. The zero-order valence-corrected chi connectivity index (χ0v) is 15.0. The van der Waals surface area contributed by atoms with Crippen molar-refractivity contribution >= 4 is 0 Å². The van der Waals surface area contributed by atoms with Crippen molar-refractivity contribution in [2.24, 2.45) is 7.05 Å². The van der Waals surface area contributed by atoms with Crippen LogP contribution in [0.4, 0.5) is 0 Å². The monoisotopic (exact) mass is 347 g/mol. The normalized spacial score (nSPS) is 17.5. The second-order valence-electron chi connectivity index (χ2n) is 6.76. The maximum atomic E-state index is 9.24. The topological polar surface area (TPSA) is 70.9 Å². The third kappa shape index (κ3) is 2.91. The summed E-state index contributed by atoms with van der Waals surface area (Å²) in [4.78, 5) is 7.01. The molecule has 0 unspecified atom stereocenters. The summed E-state index contributed by atoms with van der Waals surface area (Å²) < 4.78 is 7.54. The Morgan fingerprint density at radius 3 is 2.85 bits per heavy atom. The van der Waals surface area contributed by atoms with Crippen molar-refractivity contribution in [2.45, 2.75) is 32.4 Å². The summed E-state index contributed by atoms with van der Waals surface area (Å²) in [6.07, 6.45) is 2.11. The number of benzene rings is 1. The number of hydrogen-bond acceptors (Lipinski definition) is 5. The molecular weight excluding hydrogens is 326 g/mol. The highest BCUT2D eigenvalue weighted by Gasteiger charge is 2.31. The maximum absolute atomic E-state index is 9.24. The fourth-order valence-corrected chi connectivity index (χ4v) is 3.62. The van der Waals surface area contributed by atoms with Gasteiger partial charge in [0.25, 0.3) is 0 Å². The van der Waals surface area contributed by atoms with Crippen LogP contribution in [0.25, 0.3) is 11.4 Å². The van der Waals surface area contributed by atoms with Crippen LogP contribution >= 0.6 is 0 Å². The fraction of sp³-hybridized carbons (Fsp3) is 0.350. The van der Waals surface area contributed by atoms with Gasteiger partial charge in [-0.15, -0.1) is 0 Å². The van der Waals surface area contributed by atoms with Gasteiger partial charge in [-0.2, -0.15) is 10.2 Å². The Balaban J connectivity index is 1.56. The van der Waals surface area contributed by atoms with Crippen molar-refractivity contribution in [3.05, 3.63) is 59.2 Å². The van der Waals surface area contributed by atoms with E-state index in [1.54, 1.807) is 0 Å². The molecule has 1 saturated heterocycles. The van der Waals surface area contributed by atoms with Gasteiger partial charge in [0.2, 0.25) is 11.7 Å². The molecule has 0 bridgehead atoms. The lowest BCUT2D eigenvalue weighted by atomic mass is 10.2. The second kappa shape index (κ2) is 6.77. The van der Waals surface area contributed by atoms with E-state index < -0.39 is 0 Å². The van der Waals surface area contributed by atoms with E-state index in [0.29, 0.717) is 17.4 Å². The molecule has 1 fully saturated rings. The fourth-order valence-electron chi connectivity index (χ4n) is 3.62. The van der Waals surface area contributed by atoms with E-state index >= 15 is 0 Å². The minimum absolute atomic E-state index is 0.130. The number of rotatable bonds is 4. The predicted octanol–water partition coefficient (Wildman–Crippen LogP) is 3.59. The lowest BCUT2D eigenvalue weighted by Crippen LogP contribution is -2.23. The summed E-state index contributed by atoms with van der Waals surface area (Å²) in [5.74, 6) is 1.31. The van der Waals surface area contributed by atoms with Crippen molar-refractivity contribution in [1.82, 2.24) is 19.6 Å². The van der Waals surface area contributed by atoms with Crippen LogP contribution in [0.2, 0.25) is 0 Å². The van der Waals surface area contributed by atoms with Crippen LogP contribution in [0.3, 0.4) is 0 Å². The smallest absolute Gasteiger partial charge is 0.244 e. The molecule has 0 amide bonds. The summed E-state index contributed by atoms with van der Waals surface area (Å²) in [6.45, 7) is 3.83. The van der Waals surface area contributed by atoms with Gasteiger partial charge >= 0.3 is 0 Å². The van der Waals surface area contributed by atoms with E-state index in [2.05, 4.69) is 28.0 Å². The van der Waals surface area contributed by atoms with Gasteiger partial charge < -0.3 is 9.09 Å². The largest absolute Gasteiger partial charge is 0.340 e. The summed E-state index contributed by atoms with van der Waals surface area (Å²) in [5, 5.41) is 13.4. The summed E-state index contributed by atoms with van der Waals surface area (Å²) >= 11 is 0. The average Bonchev–Trinajstić information content (AvgIpc) is 3.38. The molecule has 4 rings (SSSR count). The third-order valence-electron chi connectivity index (χ3n) is 5.25. The van der Waals surface area contributed by atoms with Gasteiger partial charge in [0.05, 0.1) is 6.04 Å². The van der Waals surface area contributed by atoms with E-state index in [-0.39, 0.29) is 6.04 Å². The van der Waals surface area contributed by atoms with Crippen LogP contribution in [0.5, 0.6) is 0 Å². The van der Waals surface area contributed by atoms with E-state index in [4.69, 9.17) is 4.52 Å². The van der Waals surface area contributed by atoms with Crippen LogP contribution in [0.15, 0.2) is 40.9 Å². The maximum Gasteiger partial charge on any atom is 0.244 e. The van der Waals surface area contributed by atoms with Crippen molar-refractivity contribution in [2.75, 3.05) is 6.54 Å². The molecule has 2 aromatic heterocycles. The minimum atomic E-state index is 0.130. The Morgan fingerprint density at radius 2 is 2.12 bits per heavy atom. The molecule has 3 aromatic rings. The SMILES string of the molecule is Cc1c(CN2CCC[C@@H]2c2nc(-c3ccccc3)no2)cc(C#N)n1C. The summed E-state index contributed by atoms with van der Waals surface area (Å²) in [7, 11) is 1.93. The Hall–Kier alpha value is -2.91. The van der Waals surface area contributed by atoms with Crippen molar-refractivity contribution in [3.63, 3.8) is 0 Å². The molecule has 3 heterocycles. The van der Waals surface area contributed by atoms with E-state index in [1.165, 1.54) is 5.56 Å². The molecule has 1 aromatic carbocycles. The molecule has 26 heavy (non-hydrogen) atoms. The molecule has 1 atom stereocenters. The highest BCUT2D eigenvalue weighted by atomic mass is 16.5. The van der Waals surface area contributed by atoms with Gasteiger partial charge in [-0.3, -0.25) is 4.90 Å². The number of nitrogens with zero attached hydrogens (tertiary/aromatic N) is 5. The molecule has 1 aliphatic rings. The standard InChI is InChI=1S/C20H21N5O/c1-14-16(11-17(12-21)24(14)2)13-25-10-6-9-18(25)20-22-19(23-26-20)15-7-4-3-5-8-15/h3-5,7-8,11,18H,6,9-10,13H2,1-2H3/t18-/m1/s1. The van der Waals surface area contributed by atoms with Crippen LogP contribution in [0, 0.1) is 18.3 Å². The molecule has 6 heteroatoms. The lowest BCUT2D eigenvalue weighted by Gasteiger charge is -2.21. The van der Waals surface area contributed by atoms with Gasteiger partial charge in [-0.05, 0) is 37.9 Å². The number of likely N-dealkylation sites (tertiary alicyclic amines) is 1. The zero-order chi connectivity index (χ0) is 18.1. The molecule has 0 saturated carbocycles. The highest BCUT2D eigenvalue weighted by molar-refractivity contribution is 5.53. The Bertz CT molecular complexity index is 950. The highest BCUT2D eigenvalue weighted by Crippen LogP contribution is 2.34. The molecule has 0 radical (unpaired) electrons. The van der Waals surface area contributed by atoms with Crippen molar-refractivity contribution in [1.29, 1.82) is 5.26 Å². The van der Waals surface area contributed by atoms with Gasteiger partial charge in [0, 0.05) is 24.8 Å². The molecular formula is C20H21N5O. The number of hydrogen-bond donors (Lipinski definition) is 0. The van der Waals surface area contributed by atoms with Gasteiger partial charge in [-0.25, -0.2) is 0 Å². The molecule has 6 nitrogen and oxygen atoms in total. The first kappa shape index (κ1) is 16.6. The molecule has 0 aliphatic carbocycles. The van der Waals surface area contributed by atoms with E-state index in [1.807, 2.05) is 48.0 Å². The Kier molecular flexibility index (Phi) is 4.31. The van der Waals surface area contributed by atoms with E-state index in [0.717, 1.165) is 37.2 Å². The molecule has 1 aliphatic heterocycles. The van der Waals surface area contributed by atoms with Gasteiger partial charge in [0.1, 0.15) is 11.8 Å². The summed E-state index contributed by atoms with van der Waals surface area (Å²) in [6, 6.07) is 14.2. The quantitative estimate of drug-likeness (QED) is 0.721. The number of nitriles is 1. The van der Waals surface area contributed by atoms with Crippen LogP contribution in [-0.2, 0) is 13.6 Å². The van der Waals surface area contributed by atoms with Crippen LogP contribution < -0.4 is 0 Å². The summed E-state index contributed by atoms with van der Waals surface area (Å²) in [5.41, 5.74) is 3.96.